The Morgan fingerprint density at radius 1 is 1.18 bits per heavy atom. The van der Waals surface area contributed by atoms with E-state index < -0.39 is 0 Å². The Hall–Kier alpha value is -3.23. The summed E-state index contributed by atoms with van der Waals surface area (Å²) in [5.74, 6) is 1.63. The van der Waals surface area contributed by atoms with Crippen LogP contribution in [0.25, 0.3) is 10.8 Å². The molecule has 0 radical (unpaired) electrons. The molecule has 2 aromatic heterocycles. The standard InChI is InChI=1S/C19H14ClN5O2S/c20-15-3-1-2-4-16(15)27-14-7-5-12(6-8-14)23-17(26)9-13-10-28-19(24-13)18-21-11-22-25-18/h1-8,10-11H,9H2,(H,23,26)(H,21,22,25). The average molecular weight is 412 g/mol. The van der Waals surface area contributed by atoms with Crippen LogP contribution in [0.5, 0.6) is 11.5 Å². The molecule has 0 saturated heterocycles. The van der Waals surface area contributed by atoms with E-state index in [-0.39, 0.29) is 12.3 Å². The molecule has 0 saturated carbocycles. The highest BCUT2D eigenvalue weighted by Crippen LogP contribution is 2.29. The number of benzene rings is 2. The van der Waals surface area contributed by atoms with E-state index >= 15 is 0 Å². The van der Waals surface area contributed by atoms with Crippen molar-refractivity contribution in [3.05, 3.63) is 71.0 Å². The molecule has 0 atom stereocenters. The van der Waals surface area contributed by atoms with Gasteiger partial charge in [-0.05, 0) is 36.4 Å². The third-order valence-electron chi connectivity index (χ3n) is 3.71. The highest BCUT2D eigenvalue weighted by Gasteiger charge is 2.11. The molecule has 4 aromatic rings. The van der Waals surface area contributed by atoms with Crippen LogP contribution in [0.3, 0.4) is 0 Å². The molecule has 0 fully saturated rings. The average Bonchev–Trinajstić information content (AvgIpc) is 3.37. The lowest BCUT2D eigenvalue weighted by atomic mass is 10.2. The fourth-order valence-corrected chi connectivity index (χ4v) is 3.37. The Bertz CT molecular complexity index is 1080. The van der Waals surface area contributed by atoms with Gasteiger partial charge in [-0.15, -0.1) is 11.3 Å². The minimum Gasteiger partial charge on any atom is -0.456 e. The summed E-state index contributed by atoms with van der Waals surface area (Å²) in [4.78, 5) is 20.7. The van der Waals surface area contributed by atoms with Crippen LogP contribution in [0.15, 0.2) is 60.2 Å². The number of halogens is 1. The number of thiazole rings is 1. The number of aromatic nitrogens is 4. The SMILES string of the molecule is O=C(Cc1csc(-c2ncn[nH]2)n1)Nc1ccc(Oc2ccccc2Cl)cc1. The minimum atomic E-state index is -0.158. The molecule has 2 heterocycles. The summed E-state index contributed by atoms with van der Waals surface area (Å²) in [6, 6.07) is 14.3. The van der Waals surface area contributed by atoms with E-state index in [9.17, 15) is 4.79 Å². The molecular weight excluding hydrogens is 398 g/mol. The van der Waals surface area contributed by atoms with Crippen molar-refractivity contribution in [2.24, 2.45) is 0 Å². The molecule has 7 nitrogen and oxygen atoms in total. The number of amides is 1. The Balaban J connectivity index is 1.35. The summed E-state index contributed by atoms with van der Waals surface area (Å²) in [6.45, 7) is 0. The van der Waals surface area contributed by atoms with Gasteiger partial charge in [0.2, 0.25) is 5.91 Å². The van der Waals surface area contributed by atoms with Crippen LogP contribution >= 0.6 is 22.9 Å². The van der Waals surface area contributed by atoms with Crippen molar-refractivity contribution in [2.45, 2.75) is 6.42 Å². The van der Waals surface area contributed by atoms with E-state index in [1.807, 2.05) is 17.5 Å². The van der Waals surface area contributed by atoms with Crippen molar-refractivity contribution in [3.63, 3.8) is 0 Å². The normalized spacial score (nSPS) is 10.6. The number of rotatable bonds is 6. The van der Waals surface area contributed by atoms with Gasteiger partial charge in [-0.3, -0.25) is 9.89 Å². The van der Waals surface area contributed by atoms with Crippen molar-refractivity contribution in [2.75, 3.05) is 5.32 Å². The van der Waals surface area contributed by atoms with Crippen molar-refractivity contribution in [1.82, 2.24) is 20.2 Å². The lowest BCUT2D eigenvalue weighted by Gasteiger charge is -2.09. The number of nitrogens with zero attached hydrogens (tertiary/aromatic N) is 3. The van der Waals surface area contributed by atoms with Crippen molar-refractivity contribution in [3.8, 4) is 22.3 Å². The van der Waals surface area contributed by atoms with E-state index in [4.69, 9.17) is 16.3 Å². The molecule has 0 aliphatic heterocycles. The maximum atomic E-state index is 12.3. The minimum absolute atomic E-state index is 0.158. The number of nitrogens with one attached hydrogen (secondary N) is 2. The maximum Gasteiger partial charge on any atom is 0.230 e. The Labute approximate surface area is 169 Å². The van der Waals surface area contributed by atoms with E-state index in [2.05, 4.69) is 25.5 Å². The van der Waals surface area contributed by atoms with Crippen LogP contribution < -0.4 is 10.1 Å². The lowest BCUT2D eigenvalue weighted by molar-refractivity contribution is -0.115. The number of aromatic amines is 1. The highest BCUT2D eigenvalue weighted by atomic mass is 35.5. The molecule has 0 aliphatic carbocycles. The Morgan fingerprint density at radius 2 is 2.00 bits per heavy atom. The first-order chi connectivity index (χ1) is 13.7. The number of H-pyrrole nitrogens is 1. The quantitative estimate of drug-likeness (QED) is 0.485. The van der Waals surface area contributed by atoms with Gasteiger partial charge in [0.15, 0.2) is 10.8 Å². The summed E-state index contributed by atoms with van der Waals surface area (Å²) in [5, 5.41) is 12.5. The van der Waals surface area contributed by atoms with Gasteiger partial charge in [-0.2, -0.15) is 5.10 Å². The van der Waals surface area contributed by atoms with Crippen LogP contribution in [-0.4, -0.2) is 26.1 Å². The lowest BCUT2D eigenvalue weighted by Crippen LogP contribution is -2.14. The summed E-state index contributed by atoms with van der Waals surface area (Å²) in [6.07, 6.45) is 1.59. The van der Waals surface area contributed by atoms with Crippen molar-refractivity contribution < 1.29 is 9.53 Å². The predicted molar refractivity (Wildman–Crippen MR) is 108 cm³/mol. The molecule has 0 aliphatic rings. The molecule has 140 valence electrons. The van der Waals surface area contributed by atoms with Gasteiger partial charge in [-0.1, -0.05) is 23.7 Å². The van der Waals surface area contributed by atoms with E-state index in [1.54, 1.807) is 36.4 Å². The fraction of sp³-hybridized carbons (Fsp3) is 0.0526. The summed E-state index contributed by atoms with van der Waals surface area (Å²) in [5.41, 5.74) is 1.34. The third-order valence-corrected chi connectivity index (χ3v) is 4.92. The van der Waals surface area contributed by atoms with E-state index in [0.29, 0.717) is 38.7 Å². The maximum absolute atomic E-state index is 12.3. The van der Waals surface area contributed by atoms with Crippen molar-refractivity contribution >= 4 is 34.5 Å². The number of hydrogen-bond acceptors (Lipinski definition) is 6. The third kappa shape index (κ3) is 4.36. The van der Waals surface area contributed by atoms with E-state index in [0.717, 1.165) is 0 Å². The van der Waals surface area contributed by atoms with Gasteiger partial charge in [-0.25, -0.2) is 9.97 Å². The number of hydrogen-bond donors (Lipinski definition) is 2. The molecule has 4 rings (SSSR count). The number of ether oxygens (including phenoxy) is 1. The van der Waals surface area contributed by atoms with Gasteiger partial charge >= 0.3 is 0 Å². The van der Waals surface area contributed by atoms with Crippen LogP contribution in [-0.2, 0) is 11.2 Å². The van der Waals surface area contributed by atoms with Gasteiger partial charge in [0.1, 0.15) is 17.8 Å². The Kier molecular flexibility index (Phi) is 5.31. The molecular formula is C19H14ClN5O2S. The van der Waals surface area contributed by atoms with Crippen LogP contribution in [0.1, 0.15) is 5.69 Å². The summed E-state index contributed by atoms with van der Waals surface area (Å²) < 4.78 is 5.74. The molecule has 9 heteroatoms. The smallest absolute Gasteiger partial charge is 0.230 e. The zero-order chi connectivity index (χ0) is 19.3. The summed E-state index contributed by atoms with van der Waals surface area (Å²) >= 11 is 7.50. The number of carbonyl (C=O) groups is 1. The van der Waals surface area contributed by atoms with Gasteiger partial charge in [0.25, 0.3) is 0 Å². The van der Waals surface area contributed by atoms with Gasteiger partial charge < -0.3 is 10.1 Å². The topological polar surface area (TPSA) is 92.8 Å². The first kappa shape index (κ1) is 18.1. The van der Waals surface area contributed by atoms with Crippen molar-refractivity contribution in [1.29, 1.82) is 0 Å². The molecule has 0 unspecified atom stereocenters. The van der Waals surface area contributed by atoms with Crippen LogP contribution in [0.2, 0.25) is 5.02 Å². The highest BCUT2D eigenvalue weighted by molar-refractivity contribution is 7.13. The molecule has 0 bridgehead atoms. The molecule has 2 N–H and O–H groups in total. The predicted octanol–water partition coefficient (Wildman–Crippen LogP) is 4.56. The monoisotopic (exact) mass is 411 g/mol. The molecule has 2 aromatic carbocycles. The molecule has 1 amide bonds. The molecule has 0 spiro atoms. The first-order valence-corrected chi connectivity index (χ1v) is 9.55. The van der Waals surface area contributed by atoms with Gasteiger partial charge in [0.05, 0.1) is 17.1 Å². The van der Waals surface area contributed by atoms with E-state index in [1.165, 1.54) is 17.7 Å². The summed E-state index contributed by atoms with van der Waals surface area (Å²) in [7, 11) is 0. The number of carbonyl (C=O) groups excluding carboxylic acids is 1. The van der Waals surface area contributed by atoms with Crippen LogP contribution in [0.4, 0.5) is 5.69 Å². The number of para-hydroxylation sites is 1. The van der Waals surface area contributed by atoms with Gasteiger partial charge in [0, 0.05) is 11.1 Å². The second-order valence-corrected chi connectivity index (χ2v) is 7.03. The Morgan fingerprint density at radius 3 is 2.75 bits per heavy atom. The van der Waals surface area contributed by atoms with Crippen LogP contribution in [0, 0.1) is 0 Å². The second-order valence-electron chi connectivity index (χ2n) is 5.76. The first-order valence-electron chi connectivity index (χ1n) is 8.30. The molecule has 28 heavy (non-hydrogen) atoms. The zero-order valence-corrected chi connectivity index (χ0v) is 16.0. The number of anilines is 1. The zero-order valence-electron chi connectivity index (χ0n) is 14.4. The fourth-order valence-electron chi connectivity index (χ4n) is 2.44. The second kappa shape index (κ2) is 8.20. The largest absolute Gasteiger partial charge is 0.456 e.